The number of halogens is 3. The maximum atomic E-state index is 14.1. The van der Waals surface area contributed by atoms with Gasteiger partial charge in [0.15, 0.2) is 11.6 Å². The highest BCUT2D eigenvalue weighted by Gasteiger charge is 2.14. The molecule has 0 aliphatic rings. The fourth-order valence-corrected chi connectivity index (χ4v) is 2.82. The van der Waals surface area contributed by atoms with Gasteiger partial charge >= 0.3 is 5.97 Å². The highest BCUT2D eigenvalue weighted by molar-refractivity contribution is 9.10. The Morgan fingerprint density at radius 2 is 2.00 bits per heavy atom. The zero-order chi connectivity index (χ0) is 17.7. The van der Waals surface area contributed by atoms with E-state index in [-0.39, 0.29) is 24.7 Å². The van der Waals surface area contributed by atoms with E-state index in [2.05, 4.69) is 15.9 Å². The van der Waals surface area contributed by atoms with Crippen LogP contribution in [0.1, 0.15) is 31.4 Å². The Kier molecular flexibility index (Phi) is 6.63. The Morgan fingerprint density at radius 1 is 1.25 bits per heavy atom. The van der Waals surface area contributed by atoms with Crippen molar-refractivity contribution in [1.29, 1.82) is 0 Å². The van der Waals surface area contributed by atoms with Gasteiger partial charge in [-0.2, -0.15) is 0 Å². The predicted octanol–water partition coefficient (Wildman–Crippen LogP) is 5.70. The molecule has 0 aliphatic carbocycles. The van der Waals surface area contributed by atoms with Crippen molar-refractivity contribution in [2.75, 3.05) is 0 Å². The summed E-state index contributed by atoms with van der Waals surface area (Å²) >= 11 is 9.51. The lowest BCUT2D eigenvalue weighted by Gasteiger charge is -2.14. The summed E-state index contributed by atoms with van der Waals surface area (Å²) in [5.41, 5.74) is 1.34. The minimum atomic E-state index is -0.476. The molecule has 2 aromatic rings. The topological polar surface area (TPSA) is 35.5 Å². The smallest absolute Gasteiger partial charge is 0.310 e. The van der Waals surface area contributed by atoms with E-state index in [0.29, 0.717) is 27.2 Å². The van der Waals surface area contributed by atoms with Crippen LogP contribution in [0.5, 0.6) is 11.5 Å². The van der Waals surface area contributed by atoms with Crippen LogP contribution in [-0.2, 0) is 17.8 Å². The SMILES string of the molecule is CCC(=O)Oc1cccc(Br)c1COc1cc(Cl)c(CC)cc1F. The van der Waals surface area contributed by atoms with E-state index in [4.69, 9.17) is 21.1 Å². The molecule has 0 N–H and O–H groups in total. The van der Waals surface area contributed by atoms with Gasteiger partial charge < -0.3 is 9.47 Å². The molecule has 0 saturated carbocycles. The van der Waals surface area contributed by atoms with Gasteiger partial charge in [0.25, 0.3) is 0 Å². The van der Waals surface area contributed by atoms with Crippen molar-refractivity contribution in [1.82, 2.24) is 0 Å². The van der Waals surface area contributed by atoms with Crippen molar-refractivity contribution in [2.45, 2.75) is 33.3 Å². The molecule has 128 valence electrons. The summed E-state index contributed by atoms with van der Waals surface area (Å²) in [6, 6.07) is 8.05. The summed E-state index contributed by atoms with van der Waals surface area (Å²) in [5.74, 6) is -0.389. The number of benzene rings is 2. The first kappa shape index (κ1) is 18.7. The first-order valence-corrected chi connectivity index (χ1v) is 8.72. The number of hydrogen-bond donors (Lipinski definition) is 0. The van der Waals surface area contributed by atoms with Crippen LogP contribution >= 0.6 is 27.5 Å². The second kappa shape index (κ2) is 8.49. The van der Waals surface area contributed by atoms with Crippen molar-refractivity contribution in [3.63, 3.8) is 0 Å². The summed E-state index contributed by atoms with van der Waals surface area (Å²) < 4.78 is 25.7. The molecule has 0 fully saturated rings. The summed E-state index contributed by atoms with van der Waals surface area (Å²) in [5, 5.41) is 0.457. The first-order valence-electron chi connectivity index (χ1n) is 7.55. The van der Waals surface area contributed by atoms with Gasteiger partial charge in [-0.25, -0.2) is 4.39 Å². The van der Waals surface area contributed by atoms with Crippen LogP contribution in [0.25, 0.3) is 0 Å². The maximum absolute atomic E-state index is 14.1. The summed E-state index contributed by atoms with van der Waals surface area (Å²) in [6.45, 7) is 3.65. The number of rotatable bonds is 6. The quantitative estimate of drug-likeness (QED) is 0.448. The van der Waals surface area contributed by atoms with E-state index < -0.39 is 5.82 Å². The van der Waals surface area contributed by atoms with Crippen molar-refractivity contribution >= 4 is 33.5 Å². The summed E-state index contributed by atoms with van der Waals surface area (Å²) in [6.07, 6.45) is 0.896. The Bertz CT molecular complexity index is 749. The number of ether oxygens (including phenoxy) is 2. The van der Waals surface area contributed by atoms with Crippen LogP contribution in [0.3, 0.4) is 0 Å². The van der Waals surface area contributed by atoms with Gasteiger partial charge in [0.05, 0.1) is 0 Å². The van der Waals surface area contributed by atoms with Gasteiger partial charge in [-0.15, -0.1) is 0 Å². The van der Waals surface area contributed by atoms with E-state index >= 15 is 0 Å². The van der Waals surface area contributed by atoms with Crippen LogP contribution < -0.4 is 9.47 Å². The Morgan fingerprint density at radius 3 is 2.67 bits per heavy atom. The summed E-state index contributed by atoms with van der Waals surface area (Å²) in [7, 11) is 0. The van der Waals surface area contributed by atoms with E-state index in [0.717, 1.165) is 5.56 Å². The standard InChI is InChI=1S/C18H17BrClFO3/c1-3-11-8-15(21)17(9-14(11)20)23-10-12-13(19)6-5-7-16(12)24-18(22)4-2/h5-9H,3-4,10H2,1-2H3. The van der Waals surface area contributed by atoms with Crippen LogP contribution in [0.15, 0.2) is 34.8 Å². The maximum Gasteiger partial charge on any atom is 0.310 e. The number of carbonyl (C=O) groups is 1. The Labute approximate surface area is 153 Å². The third kappa shape index (κ3) is 4.48. The monoisotopic (exact) mass is 414 g/mol. The zero-order valence-electron chi connectivity index (χ0n) is 13.4. The summed E-state index contributed by atoms with van der Waals surface area (Å²) in [4.78, 5) is 11.5. The predicted molar refractivity (Wildman–Crippen MR) is 95.2 cm³/mol. The molecule has 0 bridgehead atoms. The van der Waals surface area contributed by atoms with Crippen LogP contribution in [0, 0.1) is 5.82 Å². The van der Waals surface area contributed by atoms with Crippen LogP contribution in [-0.4, -0.2) is 5.97 Å². The third-order valence-electron chi connectivity index (χ3n) is 3.44. The molecule has 0 unspecified atom stereocenters. The van der Waals surface area contributed by atoms with Gasteiger partial charge in [0.2, 0.25) is 0 Å². The van der Waals surface area contributed by atoms with Crippen molar-refractivity contribution in [3.8, 4) is 11.5 Å². The molecule has 24 heavy (non-hydrogen) atoms. The molecule has 0 radical (unpaired) electrons. The van der Waals surface area contributed by atoms with Gasteiger partial charge in [-0.1, -0.05) is 47.4 Å². The second-order valence-corrected chi connectivity index (χ2v) is 6.32. The van der Waals surface area contributed by atoms with E-state index in [1.54, 1.807) is 25.1 Å². The minimum Gasteiger partial charge on any atom is -0.486 e. The fraction of sp³-hybridized carbons (Fsp3) is 0.278. The highest BCUT2D eigenvalue weighted by atomic mass is 79.9. The van der Waals surface area contributed by atoms with Crippen LogP contribution in [0.4, 0.5) is 4.39 Å². The lowest BCUT2D eigenvalue weighted by Crippen LogP contribution is -2.09. The molecule has 2 rings (SSSR count). The number of aryl methyl sites for hydroxylation is 1. The molecule has 0 saturated heterocycles. The fourth-order valence-electron chi connectivity index (χ4n) is 2.07. The van der Waals surface area contributed by atoms with E-state index in [9.17, 15) is 9.18 Å². The molecule has 2 aromatic carbocycles. The zero-order valence-corrected chi connectivity index (χ0v) is 15.7. The lowest BCUT2D eigenvalue weighted by atomic mass is 10.1. The number of hydrogen-bond acceptors (Lipinski definition) is 3. The molecule has 0 spiro atoms. The van der Waals surface area contributed by atoms with Gasteiger partial charge in [0.1, 0.15) is 12.4 Å². The third-order valence-corrected chi connectivity index (χ3v) is 4.54. The molecular formula is C18H17BrClFO3. The van der Waals surface area contributed by atoms with Crippen molar-refractivity contribution in [2.24, 2.45) is 0 Å². The Balaban J connectivity index is 2.23. The second-order valence-electron chi connectivity index (χ2n) is 5.06. The van der Waals surface area contributed by atoms with Gasteiger partial charge in [0, 0.05) is 27.5 Å². The molecule has 0 amide bonds. The molecule has 0 aliphatic heterocycles. The normalized spacial score (nSPS) is 10.5. The van der Waals surface area contributed by atoms with Gasteiger partial charge in [-0.05, 0) is 30.2 Å². The molecule has 0 aromatic heterocycles. The first-order chi connectivity index (χ1) is 11.5. The van der Waals surface area contributed by atoms with E-state index in [1.807, 2.05) is 6.92 Å². The molecule has 6 heteroatoms. The number of esters is 1. The molecular weight excluding hydrogens is 399 g/mol. The minimum absolute atomic E-state index is 0.0342. The van der Waals surface area contributed by atoms with Gasteiger partial charge in [-0.3, -0.25) is 4.79 Å². The average molecular weight is 416 g/mol. The average Bonchev–Trinajstić information content (AvgIpc) is 2.56. The lowest BCUT2D eigenvalue weighted by molar-refractivity contribution is -0.134. The Hall–Kier alpha value is -1.59. The van der Waals surface area contributed by atoms with E-state index in [1.165, 1.54) is 12.1 Å². The molecule has 0 atom stereocenters. The van der Waals surface area contributed by atoms with Crippen molar-refractivity contribution < 1.29 is 18.7 Å². The molecule has 3 nitrogen and oxygen atoms in total. The highest BCUT2D eigenvalue weighted by Crippen LogP contribution is 2.31. The van der Waals surface area contributed by atoms with Crippen LogP contribution in [0.2, 0.25) is 5.02 Å². The largest absolute Gasteiger partial charge is 0.486 e. The number of carbonyl (C=O) groups excluding carboxylic acids is 1. The van der Waals surface area contributed by atoms with Crippen molar-refractivity contribution in [3.05, 3.63) is 56.8 Å². The molecule has 0 heterocycles.